The predicted octanol–water partition coefficient (Wildman–Crippen LogP) is 4.63. The highest BCUT2D eigenvalue weighted by atomic mass is 35.5. The molecule has 0 unspecified atom stereocenters. The molecule has 1 fully saturated rings. The third-order valence-corrected chi connectivity index (χ3v) is 4.47. The van der Waals surface area contributed by atoms with Crippen molar-refractivity contribution in [3.63, 3.8) is 0 Å². The Kier molecular flexibility index (Phi) is 4.91. The van der Waals surface area contributed by atoms with Crippen molar-refractivity contribution in [1.29, 1.82) is 0 Å². The Labute approximate surface area is 140 Å². The van der Waals surface area contributed by atoms with E-state index in [-0.39, 0.29) is 12.4 Å². The highest BCUT2D eigenvalue weighted by molar-refractivity contribution is 6.31. The molecule has 2 aromatic carbocycles. The fourth-order valence-corrected chi connectivity index (χ4v) is 3.08. The monoisotopic (exact) mass is 334 g/mol. The largest absolute Gasteiger partial charge is 0.486 e. The summed E-state index contributed by atoms with van der Waals surface area (Å²) in [6.45, 7) is 2.08. The van der Waals surface area contributed by atoms with Crippen molar-refractivity contribution >= 4 is 23.0 Å². The van der Waals surface area contributed by atoms with Gasteiger partial charge in [0.05, 0.1) is 10.7 Å². The van der Waals surface area contributed by atoms with Gasteiger partial charge in [0, 0.05) is 30.4 Å². The highest BCUT2D eigenvalue weighted by Gasteiger charge is 2.16. The van der Waals surface area contributed by atoms with E-state index >= 15 is 0 Å². The van der Waals surface area contributed by atoms with Gasteiger partial charge in [-0.25, -0.2) is 4.39 Å². The molecule has 2 aromatic rings. The standard InChI is InChI=1S/C18H20ClFN2O/c19-15-5-4-6-16(20)14(15)12-23-18-11-13(21)7-8-17(18)22-9-2-1-3-10-22/h4-8,11H,1-3,9-10,12,21H2. The third-order valence-electron chi connectivity index (χ3n) is 4.11. The van der Waals surface area contributed by atoms with Gasteiger partial charge in [-0.3, -0.25) is 0 Å². The minimum absolute atomic E-state index is 0.0792. The van der Waals surface area contributed by atoms with E-state index in [1.165, 1.54) is 25.3 Å². The number of ether oxygens (including phenoxy) is 1. The predicted molar refractivity (Wildman–Crippen MR) is 92.7 cm³/mol. The van der Waals surface area contributed by atoms with Crippen molar-refractivity contribution < 1.29 is 9.13 Å². The Morgan fingerprint density at radius 3 is 2.65 bits per heavy atom. The minimum Gasteiger partial charge on any atom is -0.486 e. The molecule has 122 valence electrons. The van der Waals surface area contributed by atoms with Gasteiger partial charge in [0.1, 0.15) is 18.2 Å². The van der Waals surface area contributed by atoms with E-state index in [0.717, 1.165) is 18.8 Å². The number of nitrogen functional groups attached to an aromatic ring is 1. The molecule has 3 nitrogen and oxygen atoms in total. The molecule has 0 amide bonds. The maximum atomic E-state index is 13.9. The summed E-state index contributed by atoms with van der Waals surface area (Å²) in [5.74, 6) is 0.312. The Hall–Kier alpha value is -1.94. The van der Waals surface area contributed by atoms with Crippen LogP contribution in [0.2, 0.25) is 5.02 Å². The van der Waals surface area contributed by atoms with Gasteiger partial charge in [-0.15, -0.1) is 0 Å². The average molecular weight is 335 g/mol. The Bertz CT molecular complexity index is 666. The second kappa shape index (κ2) is 7.09. The molecule has 3 rings (SSSR count). The number of rotatable bonds is 4. The number of halogens is 2. The first-order chi connectivity index (χ1) is 11.1. The quantitative estimate of drug-likeness (QED) is 0.828. The van der Waals surface area contributed by atoms with E-state index in [1.54, 1.807) is 18.2 Å². The van der Waals surface area contributed by atoms with Gasteiger partial charge in [0.2, 0.25) is 0 Å². The number of hydrogen-bond acceptors (Lipinski definition) is 3. The summed E-state index contributed by atoms with van der Waals surface area (Å²) < 4.78 is 19.8. The zero-order chi connectivity index (χ0) is 16.2. The van der Waals surface area contributed by atoms with Crippen LogP contribution in [-0.4, -0.2) is 13.1 Å². The van der Waals surface area contributed by atoms with Crippen LogP contribution in [0.3, 0.4) is 0 Å². The second-order valence-corrected chi connectivity index (χ2v) is 6.17. The van der Waals surface area contributed by atoms with Crippen LogP contribution in [0.5, 0.6) is 5.75 Å². The van der Waals surface area contributed by atoms with Gasteiger partial charge in [-0.1, -0.05) is 17.7 Å². The van der Waals surface area contributed by atoms with E-state index in [2.05, 4.69) is 4.90 Å². The molecule has 1 heterocycles. The number of nitrogens with zero attached hydrogens (tertiary/aromatic N) is 1. The van der Waals surface area contributed by atoms with Gasteiger partial charge >= 0.3 is 0 Å². The van der Waals surface area contributed by atoms with Crippen LogP contribution in [0.15, 0.2) is 36.4 Å². The lowest BCUT2D eigenvalue weighted by Gasteiger charge is -2.30. The summed E-state index contributed by atoms with van der Waals surface area (Å²) in [7, 11) is 0. The van der Waals surface area contributed by atoms with Crippen LogP contribution in [0.4, 0.5) is 15.8 Å². The molecule has 2 N–H and O–H groups in total. The van der Waals surface area contributed by atoms with Crippen LogP contribution >= 0.6 is 11.6 Å². The van der Waals surface area contributed by atoms with Crippen molar-refractivity contribution in [2.75, 3.05) is 23.7 Å². The Morgan fingerprint density at radius 2 is 1.91 bits per heavy atom. The number of piperidine rings is 1. The van der Waals surface area contributed by atoms with Gasteiger partial charge in [0.15, 0.2) is 0 Å². The minimum atomic E-state index is -0.360. The van der Waals surface area contributed by atoms with E-state index in [0.29, 0.717) is 22.0 Å². The topological polar surface area (TPSA) is 38.5 Å². The molecular formula is C18H20ClFN2O. The highest BCUT2D eigenvalue weighted by Crippen LogP contribution is 2.33. The molecule has 0 radical (unpaired) electrons. The molecule has 0 aromatic heterocycles. The smallest absolute Gasteiger partial charge is 0.145 e. The SMILES string of the molecule is Nc1ccc(N2CCCCC2)c(OCc2c(F)cccc2Cl)c1. The summed E-state index contributed by atoms with van der Waals surface area (Å²) >= 11 is 6.06. The van der Waals surface area contributed by atoms with E-state index in [1.807, 2.05) is 12.1 Å². The van der Waals surface area contributed by atoms with E-state index < -0.39 is 0 Å². The summed E-state index contributed by atoms with van der Waals surface area (Å²) in [5.41, 5.74) is 7.88. The Morgan fingerprint density at radius 1 is 1.13 bits per heavy atom. The molecule has 1 aliphatic heterocycles. The molecule has 0 atom stereocenters. The first-order valence-electron chi connectivity index (χ1n) is 7.85. The van der Waals surface area contributed by atoms with Crippen LogP contribution < -0.4 is 15.4 Å². The lowest BCUT2D eigenvalue weighted by atomic mass is 10.1. The van der Waals surface area contributed by atoms with Crippen molar-refractivity contribution in [2.45, 2.75) is 25.9 Å². The molecule has 0 bridgehead atoms. The molecule has 0 saturated carbocycles. The van der Waals surface area contributed by atoms with E-state index in [9.17, 15) is 4.39 Å². The zero-order valence-corrected chi connectivity index (χ0v) is 13.7. The second-order valence-electron chi connectivity index (χ2n) is 5.76. The summed E-state index contributed by atoms with van der Waals surface area (Å²) in [6, 6.07) is 10.3. The lowest BCUT2D eigenvalue weighted by Crippen LogP contribution is -2.29. The van der Waals surface area contributed by atoms with Crippen molar-refractivity contribution in [1.82, 2.24) is 0 Å². The molecule has 0 spiro atoms. The van der Waals surface area contributed by atoms with Crippen LogP contribution in [0.25, 0.3) is 0 Å². The van der Waals surface area contributed by atoms with Gasteiger partial charge in [0.25, 0.3) is 0 Å². The maximum absolute atomic E-state index is 13.9. The van der Waals surface area contributed by atoms with Gasteiger partial charge in [-0.05, 0) is 43.5 Å². The summed E-state index contributed by atoms with van der Waals surface area (Å²) in [4.78, 5) is 2.29. The van der Waals surface area contributed by atoms with Gasteiger partial charge in [-0.2, -0.15) is 0 Å². The first kappa shape index (κ1) is 15.9. The Balaban J connectivity index is 1.82. The molecule has 1 aliphatic rings. The maximum Gasteiger partial charge on any atom is 0.145 e. The lowest BCUT2D eigenvalue weighted by molar-refractivity contribution is 0.300. The van der Waals surface area contributed by atoms with Crippen molar-refractivity contribution in [3.8, 4) is 5.75 Å². The zero-order valence-electron chi connectivity index (χ0n) is 12.9. The number of hydrogen-bond donors (Lipinski definition) is 1. The normalized spacial score (nSPS) is 14.8. The number of benzene rings is 2. The number of nitrogens with two attached hydrogens (primary N) is 1. The molecule has 23 heavy (non-hydrogen) atoms. The molecular weight excluding hydrogens is 315 g/mol. The average Bonchev–Trinajstić information content (AvgIpc) is 2.55. The van der Waals surface area contributed by atoms with Crippen LogP contribution in [-0.2, 0) is 6.61 Å². The van der Waals surface area contributed by atoms with Crippen molar-refractivity contribution in [3.05, 3.63) is 52.8 Å². The summed E-state index contributed by atoms with van der Waals surface area (Å²) in [6.07, 6.45) is 3.60. The molecule has 5 heteroatoms. The fourth-order valence-electron chi connectivity index (χ4n) is 2.86. The van der Waals surface area contributed by atoms with Crippen LogP contribution in [0, 0.1) is 5.82 Å². The number of anilines is 2. The van der Waals surface area contributed by atoms with Crippen LogP contribution in [0.1, 0.15) is 24.8 Å². The fraction of sp³-hybridized carbons (Fsp3) is 0.333. The van der Waals surface area contributed by atoms with Crippen molar-refractivity contribution in [2.24, 2.45) is 0 Å². The first-order valence-corrected chi connectivity index (χ1v) is 8.23. The van der Waals surface area contributed by atoms with E-state index in [4.69, 9.17) is 22.1 Å². The molecule has 1 saturated heterocycles. The summed E-state index contributed by atoms with van der Waals surface area (Å²) in [5, 5.41) is 0.369. The third kappa shape index (κ3) is 3.70. The molecule has 0 aliphatic carbocycles. The van der Waals surface area contributed by atoms with Gasteiger partial charge < -0.3 is 15.4 Å².